The van der Waals surface area contributed by atoms with E-state index in [1.807, 2.05) is 47.8 Å². The first kappa shape index (κ1) is 15.2. The van der Waals surface area contributed by atoms with E-state index in [2.05, 4.69) is 10.3 Å². The van der Waals surface area contributed by atoms with E-state index in [1.54, 1.807) is 19.4 Å². The molecule has 0 aliphatic heterocycles. The number of ether oxygens (including phenoxy) is 1. The summed E-state index contributed by atoms with van der Waals surface area (Å²) in [4.78, 5) is 17.3. The van der Waals surface area contributed by atoms with Crippen LogP contribution in [0.4, 0.5) is 0 Å². The molecule has 1 aromatic carbocycles. The molecule has 2 aromatic heterocycles. The second-order valence-electron chi connectivity index (χ2n) is 4.92. The second-order valence-corrected chi connectivity index (χ2v) is 5.84. The standard InChI is InChI=1S/C18H16N2O2S/c1-22-16-8-7-13(11-19-16)12-20-18(21)17-15(9-10-23-17)14-5-3-2-4-6-14/h2-11H,12H2,1H3,(H,20,21). The summed E-state index contributed by atoms with van der Waals surface area (Å²) in [6.07, 6.45) is 1.70. The number of aromatic nitrogens is 1. The summed E-state index contributed by atoms with van der Waals surface area (Å²) in [5, 5.41) is 4.88. The van der Waals surface area contributed by atoms with Gasteiger partial charge in [0.25, 0.3) is 5.91 Å². The summed E-state index contributed by atoms with van der Waals surface area (Å²) < 4.78 is 5.02. The molecule has 0 unspecified atom stereocenters. The van der Waals surface area contributed by atoms with Crippen molar-refractivity contribution in [2.24, 2.45) is 0 Å². The summed E-state index contributed by atoms with van der Waals surface area (Å²) >= 11 is 1.45. The molecule has 0 fully saturated rings. The van der Waals surface area contributed by atoms with Crippen LogP contribution in [0.1, 0.15) is 15.2 Å². The maximum Gasteiger partial charge on any atom is 0.262 e. The molecule has 0 saturated carbocycles. The van der Waals surface area contributed by atoms with Crippen molar-refractivity contribution < 1.29 is 9.53 Å². The molecule has 5 heteroatoms. The van der Waals surface area contributed by atoms with Crippen molar-refractivity contribution in [3.05, 3.63) is 70.5 Å². The molecular weight excluding hydrogens is 308 g/mol. The molecule has 2 heterocycles. The highest BCUT2D eigenvalue weighted by Gasteiger charge is 2.14. The SMILES string of the molecule is COc1ccc(CNC(=O)c2sccc2-c2ccccc2)cn1. The Bertz CT molecular complexity index is 782. The van der Waals surface area contributed by atoms with Gasteiger partial charge in [-0.25, -0.2) is 4.98 Å². The zero-order valence-electron chi connectivity index (χ0n) is 12.7. The molecule has 0 radical (unpaired) electrons. The van der Waals surface area contributed by atoms with Crippen molar-refractivity contribution in [1.82, 2.24) is 10.3 Å². The molecular formula is C18H16N2O2S. The number of hydrogen-bond donors (Lipinski definition) is 1. The molecule has 3 rings (SSSR count). The molecule has 23 heavy (non-hydrogen) atoms. The maximum atomic E-state index is 12.5. The molecule has 0 atom stereocenters. The molecule has 1 N–H and O–H groups in total. The van der Waals surface area contributed by atoms with Crippen LogP contribution in [0.2, 0.25) is 0 Å². The number of nitrogens with one attached hydrogen (secondary N) is 1. The lowest BCUT2D eigenvalue weighted by molar-refractivity contribution is 0.0955. The van der Waals surface area contributed by atoms with Gasteiger partial charge in [0, 0.05) is 24.4 Å². The Balaban J connectivity index is 1.70. The van der Waals surface area contributed by atoms with Crippen molar-refractivity contribution in [3.63, 3.8) is 0 Å². The highest BCUT2D eigenvalue weighted by Crippen LogP contribution is 2.28. The first-order valence-corrected chi connectivity index (χ1v) is 8.06. The predicted octanol–water partition coefficient (Wildman–Crippen LogP) is 3.75. The average molecular weight is 324 g/mol. The number of carbonyl (C=O) groups excluding carboxylic acids is 1. The largest absolute Gasteiger partial charge is 0.481 e. The number of thiophene rings is 1. The Morgan fingerprint density at radius 2 is 2.00 bits per heavy atom. The van der Waals surface area contributed by atoms with Crippen LogP contribution in [0.3, 0.4) is 0 Å². The van der Waals surface area contributed by atoms with E-state index in [-0.39, 0.29) is 5.91 Å². The van der Waals surface area contributed by atoms with Gasteiger partial charge in [-0.3, -0.25) is 4.79 Å². The van der Waals surface area contributed by atoms with E-state index < -0.39 is 0 Å². The topological polar surface area (TPSA) is 51.2 Å². The number of methoxy groups -OCH3 is 1. The van der Waals surface area contributed by atoms with Gasteiger partial charge in [-0.05, 0) is 22.6 Å². The van der Waals surface area contributed by atoms with Crippen molar-refractivity contribution in [2.45, 2.75) is 6.54 Å². The molecule has 0 aliphatic rings. The van der Waals surface area contributed by atoms with Gasteiger partial charge in [-0.2, -0.15) is 0 Å². The molecule has 0 spiro atoms. The quantitative estimate of drug-likeness (QED) is 0.777. The zero-order valence-corrected chi connectivity index (χ0v) is 13.5. The van der Waals surface area contributed by atoms with Crippen LogP contribution in [0, 0.1) is 0 Å². The molecule has 0 saturated heterocycles. The third kappa shape index (κ3) is 3.57. The normalized spacial score (nSPS) is 10.3. The highest BCUT2D eigenvalue weighted by atomic mass is 32.1. The summed E-state index contributed by atoms with van der Waals surface area (Å²) in [5.41, 5.74) is 2.93. The lowest BCUT2D eigenvalue weighted by Gasteiger charge is -2.07. The fourth-order valence-electron chi connectivity index (χ4n) is 2.23. The molecule has 0 bridgehead atoms. The fraction of sp³-hybridized carbons (Fsp3) is 0.111. The van der Waals surface area contributed by atoms with Gasteiger partial charge in [-0.15, -0.1) is 11.3 Å². The third-order valence-electron chi connectivity index (χ3n) is 3.42. The number of rotatable bonds is 5. The van der Waals surface area contributed by atoms with E-state index in [4.69, 9.17) is 4.74 Å². The Hall–Kier alpha value is -2.66. The van der Waals surface area contributed by atoms with Crippen LogP contribution in [0.15, 0.2) is 60.1 Å². The van der Waals surface area contributed by atoms with Crippen molar-refractivity contribution in [1.29, 1.82) is 0 Å². The summed E-state index contributed by atoms with van der Waals surface area (Å²) in [5.74, 6) is 0.486. The van der Waals surface area contributed by atoms with E-state index in [0.29, 0.717) is 12.4 Å². The van der Waals surface area contributed by atoms with Crippen LogP contribution in [0.25, 0.3) is 11.1 Å². The van der Waals surface area contributed by atoms with E-state index >= 15 is 0 Å². The summed E-state index contributed by atoms with van der Waals surface area (Å²) in [7, 11) is 1.58. The fourth-order valence-corrected chi connectivity index (χ4v) is 3.06. The van der Waals surface area contributed by atoms with Gasteiger partial charge < -0.3 is 10.1 Å². The third-order valence-corrected chi connectivity index (χ3v) is 4.33. The lowest BCUT2D eigenvalue weighted by atomic mass is 10.1. The Kier molecular flexibility index (Phi) is 4.68. The Morgan fingerprint density at radius 1 is 1.17 bits per heavy atom. The van der Waals surface area contributed by atoms with E-state index in [1.165, 1.54) is 11.3 Å². The minimum absolute atomic E-state index is 0.0744. The molecule has 1 amide bonds. The van der Waals surface area contributed by atoms with Gasteiger partial charge in [0.15, 0.2) is 0 Å². The summed E-state index contributed by atoms with van der Waals surface area (Å²) in [6.45, 7) is 0.432. The minimum atomic E-state index is -0.0744. The number of pyridine rings is 1. The Labute approximate surface area is 138 Å². The lowest BCUT2D eigenvalue weighted by Crippen LogP contribution is -2.22. The molecule has 3 aromatic rings. The van der Waals surface area contributed by atoms with Crippen LogP contribution < -0.4 is 10.1 Å². The number of nitrogens with zero attached hydrogens (tertiary/aromatic N) is 1. The van der Waals surface area contributed by atoms with Crippen molar-refractivity contribution in [3.8, 4) is 17.0 Å². The maximum absolute atomic E-state index is 12.5. The minimum Gasteiger partial charge on any atom is -0.481 e. The van der Waals surface area contributed by atoms with Crippen LogP contribution in [-0.2, 0) is 6.54 Å². The first-order chi connectivity index (χ1) is 11.3. The highest BCUT2D eigenvalue weighted by molar-refractivity contribution is 7.12. The van der Waals surface area contributed by atoms with Gasteiger partial charge in [0.05, 0.1) is 12.0 Å². The Morgan fingerprint density at radius 3 is 2.70 bits per heavy atom. The van der Waals surface area contributed by atoms with Gasteiger partial charge in [0.2, 0.25) is 5.88 Å². The van der Waals surface area contributed by atoms with Gasteiger partial charge >= 0.3 is 0 Å². The first-order valence-electron chi connectivity index (χ1n) is 7.18. The van der Waals surface area contributed by atoms with Crippen LogP contribution in [0.5, 0.6) is 5.88 Å². The predicted molar refractivity (Wildman–Crippen MR) is 91.7 cm³/mol. The van der Waals surface area contributed by atoms with E-state index in [9.17, 15) is 4.79 Å². The zero-order chi connectivity index (χ0) is 16.1. The number of hydrogen-bond acceptors (Lipinski definition) is 4. The number of carbonyl (C=O) groups is 1. The van der Waals surface area contributed by atoms with Crippen molar-refractivity contribution in [2.75, 3.05) is 7.11 Å². The monoisotopic (exact) mass is 324 g/mol. The second kappa shape index (κ2) is 7.07. The smallest absolute Gasteiger partial charge is 0.262 e. The van der Waals surface area contributed by atoms with Gasteiger partial charge in [0.1, 0.15) is 0 Å². The summed E-state index contributed by atoms with van der Waals surface area (Å²) in [6, 6.07) is 15.6. The molecule has 116 valence electrons. The van der Waals surface area contributed by atoms with Crippen LogP contribution in [-0.4, -0.2) is 18.0 Å². The molecule has 0 aliphatic carbocycles. The van der Waals surface area contributed by atoms with Crippen LogP contribution >= 0.6 is 11.3 Å². The average Bonchev–Trinajstić information content (AvgIpc) is 3.11. The molecule has 4 nitrogen and oxygen atoms in total. The number of benzene rings is 1. The number of amides is 1. The van der Waals surface area contributed by atoms with Crippen molar-refractivity contribution >= 4 is 17.2 Å². The van der Waals surface area contributed by atoms with Gasteiger partial charge in [-0.1, -0.05) is 36.4 Å². The van der Waals surface area contributed by atoms with E-state index in [0.717, 1.165) is 21.6 Å².